The first-order chi connectivity index (χ1) is 13.4. The SMILES string of the molecule is CC(C)[C@H]1CC[C@H](C)C[C@H]1OC(=O)COC(=O)CCc1c[nH]c2ccccc12. The molecule has 1 saturated carbocycles. The number of aromatic amines is 1. The van der Waals surface area contributed by atoms with Crippen molar-refractivity contribution in [2.75, 3.05) is 6.61 Å². The predicted molar refractivity (Wildman–Crippen MR) is 109 cm³/mol. The topological polar surface area (TPSA) is 68.4 Å². The van der Waals surface area contributed by atoms with Crippen molar-refractivity contribution in [3.63, 3.8) is 0 Å². The lowest BCUT2D eigenvalue weighted by Crippen LogP contribution is -2.36. The van der Waals surface area contributed by atoms with Gasteiger partial charge in [0.2, 0.25) is 0 Å². The maximum absolute atomic E-state index is 12.2. The fourth-order valence-electron chi connectivity index (χ4n) is 4.24. The molecular weight excluding hydrogens is 354 g/mol. The van der Waals surface area contributed by atoms with E-state index in [-0.39, 0.29) is 25.1 Å². The van der Waals surface area contributed by atoms with Gasteiger partial charge < -0.3 is 14.5 Å². The van der Waals surface area contributed by atoms with E-state index in [0.29, 0.717) is 24.2 Å². The Balaban J connectivity index is 1.44. The third-order valence-corrected chi connectivity index (χ3v) is 5.87. The number of benzene rings is 1. The number of carbonyl (C=O) groups excluding carboxylic acids is 2. The lowest BCUT2D eigenvalue weighted by molar-refractivity contribution is -0.167. The van der Waals surface area contributed by atoms with E-state index in [2.05, 4.69) is 25.8 Å². The van der Waals surface area contributed by atoms with Crippen molar-refractivity contribution >= 4 is 22.8 Å². The minimum absolute atomic E-state index is 0.0684. The highest BCUT2D eigenvalue weighted by molar-refractivity contribution is 5.84. The molecule has 3 rings (SSSR count). The third kappa shape index (κ3) is 5.15. The zero-order valence-corrected chi connectivity index (χ0v) is 17.1. The zero-order valence-electron chi connectivity index (χ0n) is 17.1. The molecule has 5 nitrogen and oxygen atoms in total. The number of ether oxygens (including phenoxy) is 2. The van der Waals surface area contributed by atoms with Crippen LogP contribution < -0.4 is 0 Å². The van der Waals surface area contributed by atoms with Gasteiger partial charge in [0.25, 0.3) is 0 Å². The van der Waals surface area contributed by atoms with Gasteiger partial charge in [-0.15, -0.1) is 0 Å². The van der Waals surface area contributed by atoms with Crippen LogP contribution in [0.15, 0.2) is 30.5 Å². The molecule has 1 aromatic carbocycles. The molecule has 1 aromatic heterocycles. The summed E-state index contributed by atoms with van der Waals surface area (Å²) < 4.78 is 10.8. The molecule has 0 amide bonds. The summed E-state index contributed by atoms with van der Waals surface area (Å²) in [5.74, 6) is 0.609. The van der Waals surface area contributed by atoms with Crippen LogP contribution in [-0.4, -0.2) is 29.6 Å². The molecule has 2 aromatic rings. The number of hydrogen-bond acceptors (Lipinski definition) is 4. The molecular formula is C23H31NO4. The van der Waals surface area contributed by atoms with Crippen molar-refractivity contribution < 1.29 is 19.1 Å². The highest BCUT2D eigenvalue weighted by Crippen LogP contribution is 2.35. The molecule has 28 heavy (non-hydrogen) atoms. The number of carbonyl (C=O) groups is 2. The summed E-state index contributed by atoms with van der Waals surface area (Å²) in [5.41, 5.74) is 2.13. The smallest absolute Gasteiger partial charge is 0.344 e. The van der Waals surface area contributed by atoms with Gasteiger partial charge in [-0.25, -0.2) is 4.79 Å². The molecule has 1 aliphatic rings. The van der Waals surface area contributed by atoms with Gasteiger partial charge in [-0.2, -0.15) is 0 Å². The Kier molecular flexibility index (Phi) is 6.76. The average molecular weight is 386 g/mol. The number of hydrogen-bond donors (Lipinski definition) is 1. The average Bonchev–Trinajstić information content (AvgIpc) is 3.08. The molecule has 1 N–H and O–H groups in total. The number of para-hydroxylation sites is 1. The molecule has 0 saturated heterocycles. The first kappa shape index (κ1) is 20.4. The summed E-state index contributed by atoms with van der Waals surface area (Å²) >= 11 is 0. The molecule has 0 aliphatic heterocycles. The highest BCUT2D eigenvalue weighted by atomic mass is 16.6. The lowest BCUT2D eigenvalue weighted by atomic mass is 9.75. The summed E-state index contributed by atoms with van der Waals surface area (Å²) in [5, 5.41) is 1.11. The summed E-state index contributed by atoms with van der Waals surface area (Å²) in [6, 6.07) is 7.98. The number of aryl methyl sites for hydroxylation is 1. The van der Waals surface area contributed by atoms with Crippen LogP contribution in [0.5, 0.6) is 0 Å². The zero-order chi connectivity index (χ0) is 20.1. The molecule has 1 fully saturated rings. The van der Waals surface area contributed by atoms with Crippen molar-refractivity contribution in [2.24, 2.45) is 17.8 Å². The Bertz CT molecular complexity index is 810. The number of aromatic nitrogens is 1. The second-order valence-corrected chi connectivity index (χ2v) is 8.37. The van der Waals surface area contributed by atoms with Crippen LogP contribution in [0, 0.1) is 17.8 Å². The summed E-state index contributed by atoms with van der Waals surface area (Å²) in [4.78, 5) is 27.4. The van der Waals surface area contributed by atoms with Gasteiger partial charge in [-0.3, -0.25) is 4.79 Å². The van der Waals surface area contributed by atoms with Gasteiger partial charge in [0, 0.05) is 23.5 Å². The fourth-order valence-corrected chi connectivity index (χ4v) is 4.24. The van der Waals surface area contributed by atoms with E-state index in [1.54, 1.807) is 0 Å². The lowest BCUT2D eigenvalue weighted by Gasteiger charge is -2.36. The number of H-pyrrole nitrogens is 1. The number of rotatable bonds is 7. The van der Waals surface area contributed by atoms with Crippen LogP contribution in [-0.2, 0) is 25.5 Å². The summed E-state index contributed by atoms with van der Waals surface area (Å²) in [6.45, 7) is 6.24. The second kappa shape index (κ2) is 9.26. The van der Waals surface area contributed by atoms with Crippen molar-refractivity contribution in [3.05, 3.63) is 36.0 Å². The number of fused-ring (bicyclic) bond motifs is 1. The first-order valence-corrected chi connectivity index (χ1v) is 10.3. The van der Waals surface area contributed by atoms with E-state index in [4.69, 9.17) is 9.47 Å². The van der Waals surface area contributed by atoms with Gasteiger partial charge in [0.1, 0.15) is 6.10 Å². The van der Waals surface area contributed by atoms with Gasteiger partial charge >= 0.3 is 11.9 Å². The van der Waals surface area contributed by atoms with E-state index < -0.39 is 5.97 Å². The minimum atomic E-state index is -0.440. The maximum atomic E-state index is 12.2. The van der Waals surface area contributed by atoms with Gasteiger partial charge in [0.05, 0.1) is 0 Å². The Hall–Kier alpha value is -2.30. The summed E-state index contributed by atoms with van der Waals surface area (Å²) in [6.07, 6.45) is 5.82. The number of nitrogens with one attached hydrogen (secondary N) is 1. The quantitative estimate of drug-likeness (QED) is 0.705. The molecule has 0 unspecified atom stereocenters. The molecule has 0 spiro atoms. The van der Waals surface area contributed by atoms with Crippen LogP contribution >= 0.6 is 0 Å². The van der Waals surface area contributed by atoms with Gasteiger partial charge in [-0.1, -0.05) is 45.4 Å². The van der Waals surface area contributed by atoms with Crippen LogP contribution in [0.3, 0.4) is 0 Å². The van der Waals surface area contributed by atoms with Gasteiger partial charge in [-0.05, 0) is 48.6 Å². The van der Waals surface area contributed by atoms with Crippen molar-refractivity contribution in [3.8, 4) is 0 Å². The van der Waals surface area contributed by atoms with E-state index in [0.717, 1.165) is 29.3 Å². The third-order valence-electron chi connectivity index (χ3n) is 5.87. The predicted octanol–water partition coefficient (Wildman–Crippen LogP) is 4.65. The number of esters is 2. The van der Waals surface area contributed by atoms with Crippen LogP contribution in [0.2, 0.25) is 0 Å². The Morgan fingerprint density at radius 3 is 2.75 bits per heavy atom. The van der Waals surface area contributed by atoms with Crippen LogP contribution in [0.4, 0.5) is 0 Å². The highest BCUT2D eigenvalue weighted by Gasteiger charge is 2.33. The molecule has 0 radical (unpaired) electrons. The molecule has 1 heterocycles. The monoisotopic (exact) mass is 385 g/mol. The van der Waals surface area contributed by atoms with Crippen LogP contribution in [0.1, 0.15) is 52.0 Å². The van der Waals surface area contributed by atoms with E-state index in [1.165, 1.54) is 6.42 Å². The van der Waals surface area contributed by atoms with Crippen molar-refractivity contribution in [2.45, 2.75) is 59.0 Å². The standard InChI is InChI=1S/C23H31NO4/c1-15(2)18-10-8-16(3)12-21(18)28-23(26)14-27-22(25)11-9-17-13-24-20-7-5-4-6-19(17)20/h4-7,13,15-16,18,21,24H,8-12,14H2,1-3H3/t16-,18+,21+/m0/s1. The Labute approximate surface area is 166 Å². The first-order valence-electron chi connectivity index (χ1n) is 10.3. The molecule has 3 atom stereocenters. The molecule has 0 bridgehead atoms. The van der Waals surface area contributed by atoms with E-state index >= 15 is 0 Å². The van der Waals surface area contributed by atoms with E-state index in [1.807, 2.05) is 30.5 Å². The maximum Gasteiger partial charge on any atom is 0.344 e. The Morgan fingerprint density at radius 1 is 1.18 bits per heavy atom. The Morgan fingerprint density at radius 2 is 1.96 bits per heavy atom. The van der Waals surface area contributed by atoms with E-state index in [9.17, 15) is 9.59 Å². The molecule has 152 valence electrons. The largest absolute Gasteiger partial charge is 0.460 e. The molecule has 5 heteroatoms. The minimum Gasteiger partial charge on any atom is -0.460 e. The van der Waals surface area contributed by atoms with Crippen LogP contribution in [0.25, 0.3) is 10.9 Å². The van der Waals surface area contributed by atoms with Crippen molar-refractivity contribution in [1.82, 2.24) is 4.98 Å². The fraction of sp³-hybridized carbons (Fsp3) is 0.565. The van der Waals surface area contributed by atoms with Crippen molar-refractivity contribution in [1.29, 1.82) is 0 Å². The normalized spacial score (nSPS) is 22.4. The van der Waals surface area contributed by atoms with Gasteiger partial charge in [0.15, 0.2) is 6.61 Å². The second-order valence-electron chi connectivity index (χ2n) is 8.37. The molecule has 1 aliphatic carbocycles. The summed E-state index contributed by atoms with van der Waals surface area (Å²) in [7, 11) is 0.